The number of fused-ring (bicyclic) bond motifs is 1. The molecule has 33 heavy (non-hydrogen) atoms. The summed E-state index contributed by atoms with van der Waals surface area (Å²) in [6.45, 7) is 2.21. The Balaban J connectivity index is 1.80. The highest BCUT2D eigenvalue weighted by molar-refractivity contribution is 5.97. The number of carbonyl (C=O) groups is 2. The number of esters is 1. The van der Waals surface area contributed by atoms with Gasteiger partial charge < -0.3 is 23.6 Å². The van der Waals surface area contributed by atoms with Crippen LogP contribution in [0.2, 0.25) is 0 Å². The van der Waals surface area contributed by atoms with Gasteiger partial charge >= 0.3 is 5.97 Å². The summed E-state index contributed by atoms with van der Waals surface area (Å²) in [4.78, 5) is 29.7. The fraction of sp³-hybridized carbons (Fsp3) is 0.160. The molecule has 0 atom stereocenters. The van der Waals surface area contributed by atoms with Gasteiger partial charge in [0.05, 0.1) is 37.8 Å². The van der Waals surface area contributed by atoms with Gasteiger partial charge in [0, 0.05) is 5.39 Å². The van der Waals surface area contributed by atoms with Crippen LogP contribution in [0.4, 0.5) is 5.69 Å². The van der Waals surface area contributed by atoms with E-state index in [4.69, 9.17) is 18.3 Å². The summed E-state index contributed by atoms with van der Waals surface area (Å²) < 4.78 is 21.8. The number of amides is 1. The zero-order chi connectivity index (χ0) is 23.2. The predicted molar refractivity (Wildman–Crippen MR) is 120 cm³/mol. The largest absolute Gasteiger partial charge is 0.493 e. The maximum absolute atomic E-state index is 13.0. The van der Waals surface area contributed by atoms with Crippen molar-refractivity contribution in [2.75, 3.05) is 13.7 Å². The lowest BCUT2D eigenvalue weighted by atomic mass is 10.1. The molecule has 0 bridgehead atoms. The van der Waals surface area contributed by atoms with E-state index in [1.54, 1.807) is 61.5 Å². The Morgan fingerprint density at radius 2 is 1.91 bits per heavy atom. The maximum Gasteiger partial charge on any atom is 0.338 e. The molecule has 0 radical (unpaired) electrons. The van der Waals surface area contributed by atoms with Crippen molar-refractivity contribution in [1.82, 2.24) is 5.32 Å². The topological polar surface area (TPSA) is 103 Å². The minimum atomic E-state index is -0.455. The van der Waals surface area contributed by atoms with Crippen LogP contribution in [-0.4, -0.2) is 25.6 Å². The zero-order valence-corrected chi connectivity index (χ0v) is 18.2. The maximum atomic E-state index is 13.0. The van der Waals surface area contributed by atoms with Crippen LogP contribution in [0.15, 0.2) is 80.8 Å². The lowest BCUT2D eigenvalue weighted by molar-refractivity contribution is 0.0526. The van der Waals surface area contributed by atoms with Crippen LogP contribution in [0.25, 0.3) is 11.0 Å². The number of carbonyl (C=O) groups excluding carboxylic acids is 2. The third-order valence-corrected chi connectivity index (χ3v) is 4.79. The van der Waals surface area contributed by atoms with Crippen molar-refractivity contribution in [3.63, 3.8) is 0 Å². The summed E-state index contributed by atoms with van der Waals surface area (Å²) in [7, 11) is 1.54. The van der Waals surface area contributed by atoms with Gasteiger partial charge in [-0.25, -0.2) is 9.79 Å². The van der Waals surface area contributed by atoms with Crippen LogP contribution in [0.1, 0.15) is 33.4 Å². The minimum absolute atomic E-state index is 0.0740. The first-order valence-corrected chi connectivity index (χ1v) is 10.3. The van der Waals surface area contributed by atoms with Crippen molar-refractivity contribution in [2.24, 2.45) is 4.99 Å². The molecule has 2 aromatic carbocycles. The van der Waals surface area contributed by atoms with E-state index in [1.807, 2.05) is 6.07 Å². The Morgan fingerprint density at radius 1 is 1.06 bits per heavy atom. The second kappa shape index (κ2) is 9.86. The number of nitrogens with one attached hydrogen (secondary N) is 1. The summed E-state index contributed by atoms with van der Waals surface area (Å²) in [5.41, 5.74) is 1.52. The van der Waals surface area contributed by atoms with E-state index in [-0.39, 0.29) is 30.2 Å². The van der Waals surface area contributed by atoms with Crippen LogP contribution in [0, 0.1) is 0 Å². The average molecular weight is 446 g/mol. The molecule has 0 saturated heterocycles. The first-order chi connectivity index (χ1) is 16.1. The lowest BCUT2D eigenvalue weighted by Crippen LogP contribution is -2.28. The molecule has 0 aliphatic carbocycles. The Bertz CT molecular complexity index is 1360. The van der Waals surface area contributed by atoms with Gasteiger partial charge in [-0.15, -0.1) is 0 Å². The molecular weight excluding hydrogens is 424 g/mol. The standard InChI is InChI=1S/C25H22N2O6/c1-3-31-25(29)17-8-4-9-18(13-17)27-24-20(23(28)26-15-19-10-6-12-32-19)14-16-7-5-11-21(30-2)22(16)33-24/h4-14H,3,15H2,1-2H3,(H,26,28). The minimum Gasteiger partial charge on any atom is -0.493 e. The zero-order valence-electron chi connectivity index (χ0n) is 18.2. The quantitative estimate of drug-likeness (QED) is 0.423. The third kappa shape index (κ3) is 4.95. The molecule has 4 aromatic rings. The molecule has 4 rings (SSSR count). The monoisotopic (exact) mass is 446 g/mol. The second-order valence-electron chi connectivity index (χ2n) is 6.99. The van der Waals surface area contributed by atoms with Crippen molar-refractivity contribution in [2.45, 2.75) is 13.5 Å². The predicted octanol–water partition coefficient (Wildman–Crippen LogP) is 4.37. The molecule has 8 nitrogen and oxygen atoms in total. The number of furan rings is 1. The molecule has 0 spiro atoms. The Morgan fingerprint density at radius 3 is 2.67 bits per heavy atom. The van der Waals surface area contributed by atoms with Crippen LogP contribution in [0.3, 0.4) is 0 Å². The summed E-state index contributed by atoms with van der Waals surface area (Å²) >= 11 is 0. The summed E-state index contributed by atoms with van der Waals surface area (Å²) in [6, 6.07) is 17.2. The van der Waals surface area contributed by atoms with Gasteiger partial charge in [0.15, 0.2) is 11.3 Å². The number of hydrogen-bond acceptors (Lipinski definition) is 7. The van der Waals surface area contributed by atoms with Crippen LogP contribution < -0.4 is 15.6 Å². The van der Waals surface area contributed by atoms with Crippen molar-refractivity contribution < 1.29 is 27.9 Å². The molecule has 2 aromatic heterocycles. The van der Waals surface area contributed by atoms with E-state index >= 15 is 0 Å². The van der Waals surface area contributed by atoms with Crippen molar-refractivity contribution >= 4 is 28.5 Å². The van der Waals surface area contributed by atoms with Gasteiger partial charge in [0.25, 0.3) is 5.91 Å². The number of methoxy groups -OCH3 is 1. The van der Waals surface area contributed by atoms with E-state index in [9.17, 15) is 9.59 Å². The smallest absolute Gasteiger partial charge is 0.338 e. The highest BCUT2D eigenvalue weighted by Crippen LogP contribution is 2.25. The summed E-state index contributed by atoms with van der Waals surface area (Å²) in [5.74, 6) is 0.276. The molecule has 0 unspecified atom stereocenters. The van der Waals surface area contributed by atoms with E-state index in [1.165, 1.54) is 13.4 Å². The normalized spacial score (nSPS) is 11.4. The van der Waals surface area contributed by atoms with Crippen molar-refractivity contribution in [3.8, 4) is 5.75 Å². The summed E-state index contributed by atoms with van der Waals surface area (Å²) in [5, 5.41) is 3.49. The molecule has 0 fully saturated rings. The van der Waals surface area contributed by atoms with Gasteiger partial charge in [0.1, 0.15) is 11.3 Å². The first-order valence-electron chi connectivity index (χ1n) is 10.3. The number of para-hydroxylation sites is 1. The number of nitrogens with zero attached hydrogens (tertiary/aromatic N) is 1. The van der Waals surface area contributed by atoms with Crippen LogP contribution >= 0.6 is 0 Å². The molecule has 0 aliphatic rings. The van der Waals surface area contributed by atoms with E-state index in [0.717, 1.165) is 0 Å². The number of benzene rings is 2. The third-order valence-electron chi connectivity index (χ3n) is 4.79. The Labute approximate surface area is 189 Å². The fourth-order valence-electron chi connectivity index (χ4n) is 3.24. The van der Waals surface area contributed by atoms with Gasteiger partial charge in [-0.3, -0.25) is 4.79 Å². The van der Waals surface area contributed by atoms with Crippen molar-refractivity contribution in [3.05, 3.63) is 89.4 Å². The lowest BCUT2D eigenvalue weighted by Gasteiger charge is -2.08. The molecule has 1 amide bonds. The number of rotatable bonds is 7. The first kappa shape index (κ1) is 21.9. The van der Waals surface area contributed by atoms with E-state index in [0.29, 0.717) is 33.7 Å². The highest BCUT2D eigenvalue weighted by Gasteiger charge is 2.15. The average Bonchev–Trinajstić information content (AvgIpc) is 3.36. The van der Waals surface area contributed by atoms with Crippen molar-refractivity contribution in [1.29, 1.82) is 0 Å². The molecule has 2 heterocycles. The Kier molecular flexibility index (Phi) is 6.54. The van der Waals surface area contributed by atoms with Gasteiger partial charge in [-0.1, -0.05) is 18.2 Å². The van der Waals surface area contributed by atoms with Gasteiger partial charge in [0.2, 0.25) is 5.55 Å². The van der Waals surface area contributed by atoms with Crippen LogP contribution in [0.5, 0.6) is 5.75 Å². The summed E-state index contributed by atoms with van der Waals surface area (Å²) in [6.07, 6.45) is 1.54. The second-order valence-corrected chi connectivity index (χ2v) is 6.99. The van der Waals surface area contributed by atoms with Crippen LogP contribution in [-0.2, 0) is 11.3 Å². The molecule has 0 aliphatic heterocycles. The molecule has 1 N–H and O–H groups in total. The number of hydrogen-bond donors (Lipinski definition) is 1. The Hall–Kier alpha value is -4.33. The van der Waals surface area contributed by atoms with Gasteiger partial charge in [-0.2, -0.15) is 0 Å². The molecule has 0 saturated carbocycles. The highest BCUT2D eigenvalue weighted by atomic mass is 16.5. The molecular formula is C25H22N2O6. The number of ether oxygens (including phenoxy) is 2. The van der Waals surface area contributed by atoms with E-state index in [2.05, 4.69) is 10.3 Å². The molecule has 8 heteroatoms. The molecule has 168 valence electrons. The van der Waals surface area contributed by atoms with Gasteiger partial charge in [-0.05, 0) is 49.4 Å². The SMILES string of the molecule is CCOC(=O)c1cccc(N=c2oc3c(OC)cccc3cc2C(=O)NCc2ccco2)c1. The van der Waals surface area contributed by atoms with E-state index < -0.39 is 5.97 Å². The fourth-order valence-corrected chi connectivity index (χ4v) is 3.24.